The van der Waals surface area contributed by atoms with Crippen LogP contribution in [0.15, 0.2) is 18.2 Å². The van der Waals surface area contributed by atoms with Gasteiger partial charge in [-0.2, -0.15) is 8.78 Å². The minimum atomic E-state index is -2.92. The fraction of sp³-hybridized carbons (Fsp3) is 0.300. The third-order valence-corrected chi connectivity index (χ3v) is 3.04. The van der Waals surface area contributed by atoms with Crippen molar-refractivity contribution >= 4 is 44.3 Å². The highest BCUT2D eigenvalue weighted by molar-refractivity contribution is 14.1. The molecule has 0 radical (unpaired) electrons. The summed E-state index contributed by atoms with van der Waals surface area (Å²) in [7, 11) is 0. The van der Waals surface area contributed by atoms with Crippen LogP contribution in [0, 0.1) is 3.57 Å². The molecule has 0 N–H and O–H groups in total. The highest BCUT2D eigenvalue weighted by atomic mass is 127. The van der Waals surface area contributed by atoms with Crippen LogP contribution in [0.2, 0.25) is 0 Å². The van der Waals surface area contributed by atoms with Gasteiger partial charge in [0.15, 0.2) is 5.78 Å². The Bertz CT molecular complexity index is 385. The van der Waals surface area contributed by atoms with Crippen molar-refractivity contribution in [3.8, 4) is 5.75 Å². The van der Waals surface area contributed by atoms with E-state index < -0.39 is 6.61 Å². The molecule has 0 saturated heterocycles. The molecule has 88 valence electrons. The lowest BCUT2D eigenvalue weighted by molar-refractivity contribution is -0.0507. The van der Waals surface area contributed by atoms with Crippen molar-refractivity contribution in [2.45, 2.75) is 13.0 Å². The number of para-hydroxylation sites is 1. The minimum Gasteiger partial charge on any atom is -0.433 e. The van der Waals surface area contributed by atoms with Crippen molar-refractivity contribution in [1.29, 1.82) is 0 Å². The van der Waals surface area contributed by atoms with Crippen LogP contribution in [0.1, 0.15) is 16.8 Å². The van der Waals surface area contributed by atoms with Gasteiger partial charge < -0.3 is 4.74 Å². The van der Waals surface area contributed by atoms with Gasteiger partial charge in [-0.25, -0.2) is 0 Å². The van der Waals surface area contributed by atoms with Crippen LogP contribution in [0.25, 0.3) is 0 Å². The van der Waals surface area contributed by atoms with Gasteiger partial charge in [-0.1, -0.05) is 22.0 Å². The van der Waals surface area contributed by atoms with Gasteiger partial charge >= 0.3 is 6.61 Å². The second-order valence-electron chi connectivity index (χ2n) is 2.86. The maximum atomic E-state index is 12.2. The van der Waals surface area contributed by atoms with Gasteiger partial charge in [0.25, 0.3) is 0 Å². The Kier molecular flexibility index (Phi) is 5.60. The number of ether oxygens (including phenoxy) is 1. The Morgan fingerprint density at radius 2 is 2.19 bits per heavy atom. The van der Waals surface area contributed by atoms with Crippen LogP contribution in [0.3, 0.4) is 0 Å². The van der Waals surface area contributed by atoms with Gasteiger partial charge in [-0.3, -0.25) is 4.79 Å². The Labute approximate surface area is 114 Å². The number of hydrogen-bond donors (Lipinski definition) is 0. The number of alkyl halides is 3. The average molecular weight is 405 g/mol. The summed E-state index contributed by atoms with van der Waals surface area (Å²) in [6, 6.07) is 4.75. The number of carbonyl (C=O) groups excluding carboxylic acids is 1. The molecule has 0 aromatic heterocycles. The molecule has 0 heterocycles. The first-order valence-corrected chi connectivity index (χ1v) is 6.58. The maximum absolute atomic E-state index is 12.2. The second kappa shape index (κ2) is 6.48. The largest absolute Gasteiger partial charge is 0.433 e. The molecule has 0 saturated carbocycles. The molecule has 0 unspecified atom stereocenters. The van der Waals surface area contributed by atoms with Crippen molar-refractivity contribution in [3.63, 3.8) is 0 Å². The van der Waals surface area contributed by atoms with Gasteiger partial charge in [0.1, 0.15) is 5.75 Å². The lowest BCUT2D eigenvalue weighted by Crippen LogP contribution is -2.09. The van der Waals surface area contributed by atoms with E-state index in [0.29, 0.717) is 8.90 Å². The number of benzene rings is 1. The Balaban J connectivity index is 3.07. The van der Waals surface area contributed by atoms with E-state index >= 15 is 0 Å². The van der Waals surface area contributed by atoms with Crippen molar-refractivity contribution in [1.82, 2.24) is 0 Å². The summed E-state index contributed by atoms with van der Waals surface area (Å²) in [6.07, 6.45) is 0.250. The predicted octanol–water partition coefficient (Wildman–Crippen LogP) is 3.86. The molecule has 0 fully saturated rings. The first kappa shape index (κ1) is 13.8. The molecule has 0 bridgehead atoms. The SMILES string of the molecule is O=C(CCBr)c1cccc(I)c1OC(F)F. The molecule has 0 spiro atoms. The molecule has 0 aliphatic rings. The zero-order chi connectivity index (χ0) is 12.1. The standard InChI is InChI=1S/C10H8BrF2IO2/c11-5-4-8(15)6-2-1-3-7(14)9(6)16-10(12)13/h1-3,10H,4-5H2. The number of hydrogen-bond acceptors (Lipinski definition) is 2. The smallest absolute Gasteiger partial charge is 0.387 e. The summed E-state index contributed by atoms with van der Waals surface area (Å²) in [5, 5.41) is 0.491. The van der Waals surface area contributed by atoms with E-state index in [-0.39, 0.29) is 23.5 Å². The van der Waals surface area contributed by atoms with E-state index in [0.717, 1.165) is 0 Å². The minimum absolute atomic E-state index is 0.0379. The molecule has 1 aromatic rings. The van der Waals surface area contributed by atoms with Crippen molar-refractivity contribution in [3.05, 3.63) is 27.3 Å². The number of halogens is 4. The Morgan fingerprint density at radius 3 is 2.75 bits per heavy atom. The zero-order valence-corrected chi connectivity index (χ0v) is 11.8. The lowest BCUT2D eigenvalue weighted by atomic mass is 10.1. The lowest BCUT2D eigenvalue weighted by Gasteiger charge is -2.11. The van der Waals surface area contributed by atoms with Gasteiger partial charge in [-0.05, 0) is 34.7 Å². The molecule has 1 rings (SSSR count). The first-order chi connectivity index (χ1) is 7.56. The molecule has 0 aliphatic heterocycles. The van der Waals surface area contributed by atoms with E-state index in [1.807, 2.05) is 22.6 Å². The quantitative estimate of drug-likeness (QED) is 0.423. The van der Waals surface area contributed by atoms with Crippen LogP contribution >= 0.6 is 38.5 Å². The van der Waals surface area contributed by atoms with Crippen molar-refractivity contribution < 1.29 is 18.3 Å². The summed E-state index contributed by atoms with van der Waals surface area (Å²) >= 11 is 4.99. The van der Waals surface area contributed by atoms with E-state index in [4.69, 9.17) is 0 Å². The molecule has 6 heteroatoms. The summed E-state index contributed by atoms with van der Waals surface area (Å²) < 4.78 is 29.2. The van der Waals surface area contributed by atoms with E-state index in [2.05, 4.69) is 20.7 Å². The first-order valence-electron chi connectivity index (χ1n) is 4.38. The maximum Gasteiger partial charge on any atom is 0.387 e. The van der Waals surface area contributed by atoms with Crippen LogP contribution < -0.4 is 4.74 Å². The predicted molar refractivity (Wildman–Crippen MR) is 68.5 cm³/mol. The Morgan fingerprint density at radius 1 is 1.50 bits per heavy atom. The monoisotopic (exact) mass is 404 g/mol. The highest BCUT2D eigenvalue weighted by Crippen LogP contribution is 2.28. The number of Topliss-reactive ketones (excluding diaryl/α,β-unsaturated/α-hetero) is 1. The topological polar surface area (TPSA) is 26.3 Å². The van der Waals surface area contributed by atoms with E-state index in [1.165, 1.54) is 6.07 Å². The average Bonchev–Trinajstić information content (AvgIpc) is 2.20. The fourth-order valence-corrected chi connectivity index (χ4v) is 2.14. The summed E-state index contributed by atoms with van der Waals surface area (Å²) in [6.45, 7) is -2.92. The molecule has 0 aliphatic carbocycles. The molecular weight excluding hydrogens is 397 g/mol. The van der Waals surface area contributed by atoms with E-state index in [1.54, 1.807) is 12.1 Å². The third kappa shape index (κ3) is 3.65. The number of rotatable bonds is 5. The van der Waals surface area contributed by atoms with Crippen LogP contribution in [-0.4, -0.2) is 17.7 Å². The zero-order valence-electron chi connectivity index (χ0n) is 8.05. The summed E-state index contributed by atoms with van der Waals surface area (Å²) in [5.74, 6) is -0.255. The number of ketones is 1. The molecule has 16 heavy (non-hydrogen) atoms. The molecule has 2 nitrogen and oxygen atoms in total. The molecule has 0 atom stereocenters. The third-order valence-electron chi connectivity index (χ3n) is 1.80. The molecule has 1 aromatic carbocycles. The molecular formula is C10H8BrF2IO2. The summed E-state index contributed by atoms with van der Waals surface area (Å²) in [4.78, 5) is 11.6. The van der Waals surface area contributed by atoms with Gasteiger partial charge in [-0.15, -0.1) is 0 Å². The van der Waals surface area contributed by atoms with Gasteiger partial charge in [0.05, 0.1) is 9.13 Å². The molecule has 0 amide bonds. The van der Waals surface area contributed by atoms with Crippen LogP contribution in [0.4, 0.5) is 8.78 Å². The van der Waals surface area contributed by atoms with Gasteiger partial charge in [0, 0.05) is 11.8 Å². The highest BCUT2D eigenvalue weighted by Gasteiger charge is 2.17. The van der Waals surface area contributed by atoms with Crippen LogP contribution in [-0.2, 0) is 0 Å². The van der Waals surface area contributed by atoms with Crippen molar-refractivity contribution in [2.24, 2.45) is 0 Å². The van der Waals surface area contributed by atoms with Crippen molar-refractivity contribution in [2.75, 3.05) is 5.33 Å². The van der Waals surface area contributed by atoms with Gasteiger partial charge in [0.2, 0.25) is 0 Å². The Hall–Kier alpha value is -0.240. The normalized spacial score (nSPS) is 10.6. The summed E-state index contributed by atoms with van der Waals surface area (Å²) in [5.41, 5.74) is 0.201. The van der Waals surface area contributed by atoms with E-state index in [9.17, 15) is 13.6 Å². The van der Waals surface area contributed by atoms with Crippen LogP contribution in [0.5, 0.6) is 5.75 Å². The fourth-order valence-electron chi connectivity index (χ4n) is 1.16. The second-order valence-corrected chi connectivity index (χ2v) is 4.81. The number of carbonyl (C=O) groups is 1.